The number of fused-ring (bicyclic) bond motifs is 1. The Balaban J connectivity index is 1.77. The molecule has 4 heteroatoms. The molecule has 1 saturated carbocycles. The maximum atomic E-state index is 4.94. The van der Waals surface area contributed by atoms with Gasteiger partial charge in [-0.3, -0.25) is 0 Å². The number of hydrogen-bond acceptors (Lipinski definition) is 4. The van der Waals surface area contributed by atoms with E-state index in [0.29, 0.717) is 6.04 Å². The van der Waals surface area contributed by atoms with Gasteiger partial charge in [-0.15, -0.1) is 0 Å². The summed E-state index contributed by atoms with van der Waals surface area (Å²) in [6, 6.07) is 0.539. The fraction of sp³-hybridized carbons (Fsp3) is 0.800. The number of anilines is 1. The van der Waals surface area contributed by atoms with E-state index in [4.69, 9.17) is 4.98 Å². The van der Waals surface area contributed by atoms with E-state index in [9.17, 15) is 0 Å². The van der Waals surface area contributed by atoms with E-state index < -0.39 is 0 Å². The molecular weight excluding hydrogens is 254 g/mol. The lowest BCUT2D eigenvalue weighted by molar-refractivity contribution is 0.318. The highest BCUT2D eigenvalue weighted by atomic mass is 32.1. The second-order valence-corrected chi connectivity index (χ2v) is 6.89. The molecule has 1 fully saturated rings. The van der Waals surface area contributed by atoms with Crippen molar-refractivity contribution in [3.05, 3.63) is 10.6 Å². The van der Waals surface area contributed by atoms with Crippen molar-refractivity contribution in [2.75, 3.05) is 25.0 Å². The Morgan fingerprint density at radius 2 is 2.16 bits per heavy atom. The van der Waals surface area contributed by atoms with Crippen molar-refractivity contribution >= 4 is 16.5 Å². The molecule has 19 heavy (non-hydrogen) atoms. The molecule has 0 aliphatic heterocycles. The molecule has 0 saturated heterocycles. The third-order valence-electron chi connectivity index (χ3n) is 4.64. The highest BCUT2D eigenvalue weighted by Gasteiger charge is 2.26. The Kier molecular flexibility index (Phi) is 4.08. The van der Waals surface area contributed by atoms with Crippen LogP contribution in [0.2, 0.25) is 0 Å². The SMILES string of the molecule is CCN(CC1CCC1)c1nc2c(s1)C(NC)CCC2. The molecule has 1 heterocycles. The quantitative estimate of drug-likeness (QED) is 0.895. The molecule has 1 atom stereocenters. The summed E-state index contributed by atoms with van der Waals surface area (Å²) in [5.74, 6) is 0.918. The van der Waals surface area contributed by atoms with Crippen molar-refractivity contribution in [2.45, 2.75) is 51.5 Å². The lowest BCUT2D eigenvalue weighted by Crippen LogP contribution is -2.32. The van der Waals surface area contributed by atoms with Crippen LogP contribution in [0.15, 0.2) is 0 Å². The molecule has 3 nitrogen and oxygen atoms in total. The highest BCUT2D eigenvalue weighted by molar-refractivity contribution is 7.15. The van der Waals surface area contributed by atoms with Gasteiger partial charge in [0.1, 0.15) is 0 Å². The fourth-order valence-electron chi connectivity index (χ4n) is 3.15. The molecule has 3 rings (SSSR count). The van der Waals surface area contributed by atoms with Gasteiger partial charge in [0.2, 0.25) is 0 Å². The van der Waals surface area contributed by atoms with Crippen molar-refractivity contribution in [1.29, 1.82) is 0 Å². The minimum Gasteiger partial charge on any atom is -0.348 e. The monoisotopic (exact) mass is 279 g/mol. The summed E-state index contributed by atoms with van der Waals surface area (Å²) in [6.45, 7) is 4.56. The van der Waals surface area contributed by atoms with Crippen LogP contribution in [0.3, 0.4) is 0 Å². The molecule has 1 aromatic rings. The van der Waals surface area contributed by atoms with Crippen LogP contribution < -0.4 is 10.2 Å². The Morgan fingerprint density at radius 1 is 1.32 bits per heavy atom. The van der Waals surface area contributed by atoms with Crippen LogP contribution in [0.25, 0.3) is 0 Å². The van der Waals surface area contributed by atoms with Gasteiger partial charge in [0.25, 0.3) is 0 Å². The van der Waals surface area contributed by atoms with Gasteiger partial charge in [-0.25, -0.2) is 4.98 Å². The first-order valence-electron chi connectivity index (χ1n) is 7.73. The number of thiazole rings is 1. The van der Waals surface area contributed by atoms with Crippen LogP contribution in [0.1, 0.15) is 55.6 Å². The molecule has 106 valence electrons. The summed E-state index contributed by atoms with van der Waals surface area (Å²) < 4.78 is 0. The Morgan fingerprint density at radius 3 is 2.79 bits per heavy atom. The third kappa shape index (κ3) is 2.65. The maximum absolute atomic E-state index is 4.94. The Bertz CT molecular complexity index is 425. The van der Waals surface area contributed by atoms with Gasteiger partial charge in [0.15, 0.2) is 5.13 Å². The molecule has 0 spiro atoms. The second kappa shape index (κ2) is 5.80. The predicted octanol–water partition coefficient (Wildman–Crippen LogP) is 3.37. The van der Waals surface area contributed by atoms with E-state index in [1.54, 1.807) is 0 Å². The zero-order valence-electron chi connectivity index (χ0n) is 12.1. The van der Waals surface area contributed by atoms with Crippen LogP contribution in [-0.2, 0) is 6.42 Å². The van der Waals surface area contributed by atoms with Crippen LogP contribution in [0, 0.1) is 5.92 Å². The zero-order chi connectivity index (χ0) is 13.2. The van der Waals surface area contributed by atoms with Crippen molar-refractivity contribution < 1.29 is 0 Å². The van der Waals surface area contributed by atoms with E-state index in [1.807, 2.05) is 11.3 Å². The van der Waals surface area contributed by atoms with Gasteiger partial charge in [-0.2, -0.15) is 0 Å². The lowest BCUT2D eigenvalue weighted by atomic mass is 9.85. The third-order valence-corrected chi connectivity index (χ3v) is 5.92. The first-order chi connectivity index (χ1) is 9.31. The normalized spacial score (nSPS) is 22.9. The fourth-order valence-corrected chi connectivity index (χ4v) is 4.48. The standard InChI is InChI=1S/C15H25N3S/c1-3-18(10-11-6-4-7-11)15-17-13-9-5-8-12(16-2)14(13)19-15/h11-12,16H,3-10H2,1-2H3. The number of hydrogen-bond donors (Lipinski definition) is 1. The van der Waals surface area contributed by atoms with E-state index in [-0.39, 0.29) is 0 Å². The summed E-state index contributed by atoms with van der Waals surface area (Å²) >= 11 is 1.93. The van der Waals surface area contributed by atoms with E-state index in [0.717, 1.165) is 12.5 Å². The van der Waals surface area contributed by atoms with Crippen molar-refractivity contribution in [1.82, 2.24) is 10.3 Å². The molecule has 2 aliphatic rings. The van der Waals surface area contributed by atoms with Gasteiger partial charge >= 0.3 is 0 Å². The van der Waals surface area contributed by atoms with Gasteiger partial charge < -0.3 is 10.2 Å². The number of nitrogens with zero attached hydrogens (tertiary/aromatic N) is 2. The Labute approximate surface area is 120 Å². The number of nitrogens with one attached hydrogen (secondary N) is 1. The molecule has 1 aromatic heterocycles. The first-order valence-corrected chi connectivity index (χ1v) is 8.55. The molecule has 1 N–H and O–H groups in total. The van der Waals surface area contributed by atoms with E-state index in [1.165, 1.54) is 60.8 Å². The summed E-state index contributed by atoms with van der Waals surface area (Å²) in [4.78, 5) is 8.93. The minimum atomic E-state index is 0.539. The highest BCUT2D eigenvalue weighted by Crippen LogP contribution is 2.38. The van der Waals surface area contributed by atoms with Crippen LogP contribution in [-0.4, -0.2) is 25.1 Å². The summed E-state index contributed by atoms with van der Waals surface area (Å²) in [5.41, 5.74) is 1.36. The molecule has 0 aromatic carbocycles. The lowest BCUT2D eigenvalue weighted by Gasteiger charge is -2.31. The molecule has 1 unspecified atom stereocenters. The second-order valence-electron chi connectivity index (χ2n) is 5.88. The summed E-state index contributed by atoms with van der Waals surface area (Å²) in [7, 11) is 2.07. The van der Waals surface area contributed by atoms with Gasteiger partial charge in [-0.05, 0) is 52.0 Å². The Hall–Kier alpha value is -0.610. The average molecular weight is 279 g/mol. The molecular formula is C15H25N3S. The molecule has 0 bridgehead atoms. The van der Waals surface area contributed by atoms with Gasteiger partial charge in [0, 0.05) is 24.0 Å². The zero-order valence-corrected chi connectivity index (χ0v) is 12.9. The number of aromatic nitrogens is 1. The van der Waals surface area contributed by atoms with Crippen LogP contribution in [0.4, 0.5) is 5.13 Å². The largest absolute Gasteiger partial charge is 0.348 e. The maximum Gasteiger partial charge on any atom is 0.185 e. The average Bonchev–Trinajstić information content (AvgIpc) is 2.81. The number of aryl methyl sites for hydroxylation is 1. The predicted molar refractivity (Wildman–Crippen MR) is 82.1 cm³/mol. The topological polar surface area (TPSA) is 28.2 Å². The molecule has 0 amide bonds. The van der Waals surface area contributed by atoms with Crippen LogP contribution in [0.5, 0.6) is 0 Å². The van der Waals surface area contributed by atoms with Crippen molar-refractivity contribution in [2.24, 2.45) is 5.92 Å². The first kappa shape index (κ1) is 13.4. The number of rotatable bonds is 5. The van der Waals surface area contributed by atoms with Gasteiger partial charge in [0.05, 0.1) is 5.69 Å². The van der Waals surface area contributed by atoms with Crippen molar-refractivity contribution in [3.63, 3.8) is 0 Å². The van der Waals surface area contributed by atoms with Gasteiger partial charge in [-0.1, -0.05) is 17.8 Å². The molecule has 2 aliphatic carbocycles. The van der Waals surface area contributed by atoms with Crippen LogP contribution >= 0.6 is 11.3 Å². The summed E-state index contributed by atoms with van der Waals surface area (Å²) in [6.07, 6.45) is 7.97. The summed E-state index contributed by atoms with van der Waals surface area (Å²) in [5, 5.41) is 4.71. The van der Waals surface area contributed by atoms with E-state index >= 15 is 0 Å². The minimum absolute atomic E-state index is 0.539. The smallest absolute Gasteiger partial charge is 0.185 e. The molecule has 0 radical (unpaired) electrons. The van der Waals surface area contributed by atoms with Crippen molar-refractivity contribution in [3.8, 4) is 0 Å². The van der Waals surface area contributed by atoms with E-state index in [2.05, 4.69) is 24.2 Å².